The SMILES string of the molecule is COC(=O)C[C@@H](c1ccc(O[C@@H]2CCc3c2ccc(C(F)(F)F)c3CN(C)Cc2ccc(OC)cc2)cc1)c1ccon1. The Bertz CT molecular complexity index is 1520. The molecule has 0 saturated carbocycles. The quantitative estimate of drug-likeness (QED) is 0.172. The Morgan fingerprint density at radius 2 is 1.72 bits per heavy atom. The molecule has 43 heavy (non-hydrogen) atoms. The smallest absolute Gasteiger partial charge is 0.416 e. The van der Waals surface area contributed by atoms with Crippen LogP contribution in [0.5, 0.6) is 11.5 Å². The number of hydrogen-bond donors (Lipinski definition) is 0. The second-order valence-electron chi connectivity index (χ2n) is 10.6. The number of fused-ring (bicyclic) bond motifs is 1. The molecule has 0 fully saturated rings. The molecule has 4 aromatic rings. The Morgan fingerprint density at radius 3 is 2.35 bits per heavy atom. The average Bonchev–Trinajstić information content (AvgIpc) is 3.67. The number of rotatable bonds is 11. The van der Waals surface area contributed by atoms with Gasteiger partial charge in [-0.05, 0) is 78.0 Å². The molecule has 7 nitrogen and oxygen atoms in total. The van der Waals surface area contributed by atoms with Crippen LogP contribution in [0.1, 0.15) is 63.9 Å². The lowest BCUT2D eigenvalue weighted by Crippen LogP contribution is -2.22. The van der Waals surface area contributed by atoms with E-state index in [9.17, 15) is 18.0 Å². The fraction of sp³-hybridized carbons (Fsp3) is 0.333. The summed E-state index contributed by atoms with van der Waals surface area (Å²) in [5.41, 5.74) is 3.57. The third kappa shape index (κ3) is 7.02. The molecule has 226 valence electrons. The lowest BCUT2D eigenvalue weighted by molar-refractivity contribution is -0.141. The molecule has 2 atom stereocenters. The highest BCUT2D eigenvalue weighted by Gasteiger charge is 2.37. The lowest BCUT2D eigenvalue weighted by Gasteiger charge is -2.23. The van der Waals surface area contributed by atoms with Gasteiger partial charge in [0.15, 0.2) is 0 Å². The first-order valence-corrected chi connectivity index (χ1v) is 13.9. The maximum absolute atomic E-state index is 14.1. The number of hydrogen-bond acceptors (Lipinski definition) is 7. The zero-order valence-corrected chi connectivity index (χ0v) is 24.2. The summed E-state index contributed by atoms with van der Waals surface area (Å²) in [5, 5.41) is 3.99. The Morgan fingerprint density at radius 1 is 1.00 bits per heavy atom. The van der Waals surface area contributed by atoms with E-state index < -0.39 is 11.7 Å². The molecule has 0 saturated heterocycles. The molecule has 5 rings (SSSR count). The van der Waals surface area contributed by atoms with Crippen molar-refractivity contribution in [2.75, 3.05) is 21.3 Å². The lowest BCUT2D eigenvalue weighted by atomic mass is 9.92. The van der Waals surface area contributed by atoms with E-state index in [4.69, 9.17) is 18.7 Å². The molecule has 0 radical (unpaired) electrons. The van der Waals surface area contributed by atoms with Crippen molar-refractivity contribution in [1.82, 2.24) is 10.1 Å². The van der Waals surface area contributed by atoms with Crippen LogP contribution in [-0.4, -0.2) is 37.3 Å². The minimum atomic E-state index is -4.47. The molecule has 0 unspecified atom stereocenters. The summed E-state index contributed by atoms with van der Waals surface area (Å²) >= 11 is 0. The van der Waals surface area contributed by atoms with Gasteiger partial charge in [0.2, 0.25) is 0 Å². The van der Waals surface area contributed by atoms with Crippen molar-refractivity contribution >= 4 is 5.97 Å². The molecule has 0 bridgehead atoms. The van der Waals surface area contributed by atoms with Crippen LogP contribution in [-0.2, 0) is 35.2 Å². The van der Waals surface area contributed by atoms with E-state index in [1.165, 1.54) is 19.4 Å². The second-order valence-corrected chi connectivity index (χ2v) is 10.6. The standard InChI is InChI=1S/C33H33F3N2O5/c1-38(19-21-4-8-23(40-2)9-5-21)20-28-25-13-15-31(26(25)12-14-29(28)33(34,35)36)43-24-10-6-22(7-11-24)27(18-32(39)41-3)30-16-17-42-37-30/h4-12,14,16-17,27,31H,13,15,18-20H2,1-3H3/t27-,31+/m0/s1. The summed E-state index contributed by atoms with van der Waals surface area (Å²) in [5.74, 6) is 0.574. The second kappa shape index (κ2) is 12.9. The molecule has 1 aliphatic carbocycles. The van der Waals surface area contributed by atoms with Gasteiger partial charge in [-0.25, -0.2) is 0 Å². The van der Waals surface area contributed by atoms with Gasteiger partial charge in [-0.2, -0.15) is 13.2 Å². The molecule has 1 heterocycles. The van der Waals surface area contributed by atoms with Crippen LogP contribution in [0.3, 0.4) is 0 Å². The van der Waals surface area contributed by atoms with Gasteiger partial charge in [0.05, 0.1) is 31.9 Å². The van der Waals surface area contributed by atoms with Crippen LogP contribution in [0.25, 0.3) is 0 Å². The number of carbonyl (C=O) groups is 1. The zero-order chi connectivity index (χ0) is 30.6. The van der Waals surface area contributed by atoms with E-state index in [2.05, 4.69) is 5.16 Å². The average molecular weight is 595 g/mol. The molecule has 3 aromatic carbocycles. The van der Waals surface area contributed by atoms with Crippen molar-refractivity contribution in [3.63, 3.8) is 0 Å². The minimum Gasteiger partial charge on any atom is -0.497 e. The molecule has 0 N–H and O–H groups in total. The predicted octanol–water partition coefficient (Wildman–Crippen LogP) is 7.10. The van der Waals surface area contributed by atoms with Gasteiger partial charge in [-0.1, -0.05) is 35.5 Å². The Hall–Kier alpha value is -4.31. The van der Waals surface area contributed by atoms with Gasteiger partial charge >= 0.3 is 12.1 Å². The number of aromatic nitrogens is 1. The van der Waals surface area contributed by atoms with Gasteiger partial charge in [0.1, 0.15) is 23.9 Å². The van der Waals surface area contributed by atoms with Crippen molar-refractivity contribution in [1.29, 1.82) is 0 Å². The van der Waals surface area contributed by atoms with E-state index in [1.807, 2.05) is 48.3 Å². The van der Waals surface area contributed by atoms with Gasteiger partial charge in [0, 0.05) is 25.1 Å². The van der Waals surface area contributed by atoms with E-state index in [-0.39, 0.29) is 31.0 Å². The maximum atomic E-state index is 14.1. The summed E-state index contributed by atoms with van der Waals surface area (Å²) in [6.07, 6.45) is -2.25. The predicted molar refractivity (Wildman–Crippen MR) is 153 cm³/mol. The van der Waals surface area contributed by atoms with Crippen molar-refractivity contribution in [3.05, 3.63) is 112 Å². The first kappa shape index (κ1) is 30.2. The van der Waals surface area contributed by atoms with Crippen LogP contribution >= 0.6 is 0 Å². The zero-order valence-electron chi connectivity index (χ0n) is 24.2. The largest absolute Gasteiger partial charge is 0.497 e. The van der Waals surface area contributed by atoms with Crippen LogP contribution < -0.4 is 9.47 Å². The van der Waals surface area contributed by atoms with E-state index in [1.54, 1.807) is 31.4 Å². The number of carbonyl (C=O) groups excluding carboxylic acids is 1. The van der Waals surface area contributed by atoms with Gasteiger partial charge in [-0.15, -0.1) is 0 Å². The molecule has 1 aromatic heterocycles. The molecule has 0 spiro atoms. The van der Waals surface area contributed by atoms with E-state index in [0.717, 1.165) is 22.4 Å². The monoisotopic (exact) mass is 594 g/mol. The molecular weight excluding hydrogens is 561 g/mol. The van der Waals surface area contributed by atoms with Crippen molar-refractivity contribution in [2.24, 2.45) is 0 Å². The number of esters is 1. The maximum Gasteiger partial charge on any atom is 0.416 e. The summed E-state index contributed by atoms with van der Waals surface area (Å²) in [6.45, 7) is 0.637. The van der Waals surface area contributed by atoms with Crippen LogP contribution in [0, 0.1) is 0 Å². The van der Waals surface area contributed by atoms with Gasteiger partial charge in [0.25, 0.3) is 0 Å². The summed E-state index contributed by atoms with van der Waals surface area (Å²) in [7, 11) is 4.74. The molecular formula is C33H33F3N2O5. The Kier molecular flexibility index (Phi) is 9.05. The third-order valence-electron chi connectivity index (χ3n) is 7.79. The van der Waals surface area contributed by atoms with Crippen molar-refractivity contribution in [3.8, 4) is 11.5 Å². The van der Waals surface area contributed by atoms with Gasteiger partial charge in [-0.3, -0.25) is 9.69 Å². The van der Waals surface area contributed by atoms with Crippen molar-refractivity contribution < 1.29 is 36.7 Å². The number of benzene rings is 3. The molecule has 1 aliphatic rings. The summed E-state index contributed by atoms with van der Waals surface area (Å²) in [4.78, 5) is 13.9. The number of ether oxygens (including phenoxy) is 3. The number of halogens is 3. The topological polar surface area (TPSA) is 74.0 Å². The van der Waals surface area contributed by atoms with Crippen LogP contribution in [0.4, 0.5) is 13.2 Å². The third-order valence-corrected chi connectivity index (χ3v) is 7.79. The summed E-state index contributed by atoms with van der Waals surface area (Å²) < 4.78 is 63.7. The van der Waals surface area contributed by atoms with E-state index in [0.29, 0.717) is 42.0 Å². The highest BCUT2D eigenvalue weighted by Crippen LogP contribution is 2.43. The van der Waals surface area contributed by atoms with Crippen LogP contribution in [0.15, 0.2) is 77.5 Å². The first-order chi connectivity index (χ1) is 20.7. The fourth-order valence-corrected chi connectivity index (χ4v) is 5.66. The normalized spacial score (nSPS) is 15.3. The summed E-state index contributed by atoms with van der Waals surface area (Å²) in [6, 6.07) is 19.2. The highest BCUT2D eigenvalue weighted by molar-refractivity contribution is 5.71. The Balaban J connectivity index is 1.35. The van der Waals surface area contributed by atoms with Crippen LogP contribution in [0.2, 0.25) is 0 Å². The first-order valence-electron chi connectivity index (χ1n) is 13.9. The fourth-order valence-electron chi connectivity index (χ4n) is 5.66. The number of methoxy groups -OCH3 is 2. The Labute approximate surface area is 248 Å². The molecule has 0 aliphatic heterocycles. The molecule has 0 amide bonds. The minimum absolute atomic E-state index is 0.0937. The van der Waals surface area contributed by atoms with Crippen molar-refractivity contribution in [2.45, 2.75) is 50.6 Å². The van der Waals surface area contributed by atoms with E-state index >= 15 is 0 Å². The highest BCUT2D eigenvalue weighted by atomic mass is 19.4. The molecule has 10 heteroatoms. The number of nitrogens with zero attached hydrogens (tertiary/aromatic N) is 2. The van der Waals surface area contributed by atoms with Gasteiger partial charge < -0.3 is 18.7 Å². The number of alkyl halides is 3.